The maximum absolute atomic E-state index is 12.2. The van der Waals surface area contributed by atoms with Crippen LogP contribution in [0.4, 0.5) is 0 Å². The molecule has 5 heteroatoms. The minimum atomic E-state index is -0.447. The monoisotopic (exact) mass is 287 g/mol. The first-order chi connectivity index (χ1) is 8.50. The van der Waals surface area contributed by atoms with Crippen molar-refractivity contribution in [2.75, 3.05) is 13.6 Å². The molecule has 98 valence electrons. The van der Waals surface area contributed by atoms with Crippen molar-refractivity contribution >= 4 is 29.1 Å². The third kappa shape index (κ3) is 2.97. The number of hydrogen-bond acceptors (Lipinski definition) is 2. The first-order valence-corrected chi connectivity index (χ1v) is 6.64. The van der Waals surface area contributed by atoms with E-state index in [0.717, 1.165) is 12.8 Å². The number of carbonyl (C=O) groups excluding carboxylic acids is 1. The lowest BCUT2D eigenvalue weighted by Crippen LogP contribution is -2.35. The number of nitrogens with zero attached hydrogens (tertiary/aromatic N) is 1. The second-order valence-corrected chi connectivity index (χ2v) is 5.48. The van der Waals surface area contributed by atoms with Gasteiger partial charge in [-0.05, 0) is 30.9 Å². The molecule has 1 aromatic rings. The zero-order chi connectivity index (χ0) is 13.3. The Balaban J connectivity index is 2.07. The van der Waals surface area contributed by atoms with E-state index in [4.69, 9.17) is 23.2 Å². The number of benzene rings is 1. The molecule has 0 aromatic heterocycles. The van der Waals surface area contributed by atoms with E-state index >= 15 is 0 Å². The summed E-state index contributed by atoms with van der Waals surface area (Å²) in [5, 5.41) is 10.4. The van der Waals surface area contributed by atoms with Gasteiger partial charge in [-0.3, -0.25) is 4.79 Å². The zero-order valence-electron chi connectivity index (χ0n) is 10.1. The average Bonchev–Trinajstić information content (AvgIpc) is 3.15. The van der Waals surface area contributed by atoms with E-state index in [1.807, 2.05) is 0 Å². The second kappa shape index (κ2) is 5.47. The van der Waals surface area contributed by atoms with Crippen LogP contribution in [0.1, 0.15) is 23.2 Å². The van der Waals surface area contributed by atoms with Crippen molar-refractivity contribution in [3.8, 4) is 0 Å². The van der Waals surface area contributed by atoms with Gasteiger partial charge in [0.15, 0.2) is 0 Å². The average molecular weight is 288 g/mol. The minimum Gasteiger partial charge on any atom is -0.391 e. The first-order valence-electron chi connectivity index (χ1n) is 5.88. The summed E-state index contributed by atoms with van der Waals surface area (Å²) in [4.78, 5) is 13.7. The Labute approximate surface area is 116 Å². The van der Waals surface area contributed by atoms with E-state index in [9.17, 15) is 9.90 Å². The normalized spacial score (nSPS) is 16.4. The quantitative estimate of drug-likeness (QED) is 0.925. The first kappa shape index (κ1) is 13.7. The molecule has 0 aliphatic heterocycles. The molecular weight excluding hydrogens is 273 g/mol. The Morgan fingerprint density at radius 1 is 1.50 bits per heavy atom. The van der Waals surface area contributed by atoms with Crippen LogP contribution < -0.4 is 0 Å². The summed E-state index contributed by atoms with van der Waals surface area (Å²) in [6.45, 7) is 0.326. The molecule has 1 aliphatic rings. The predicted octanol–water partition coefficient (Wildman–Crippen LogP) is 2.84. The van der Waals surface area contributed by atoms with Crippen LogP contribution in [0.3, 0.4) is 0 Å². The highest BCUT2D eigenvalue weighted by Gasteiger charge is 2.31. The molecule has 18 heavy (non-hydrogen) atoms. The number of rotatable bonds is 4. The van der Waals surface area contributed by atoms with Crippen LogP contribution >= 0.6 is 23.2 Å². The van der Waals surface area contributed by atoms with Crippen LogP contribution in [-0.2, 0) is 0 Å². The molecule has 0 radical (unpaired) electrons. The molecular formula is C13H15Cl2NO2. The molecule has 1 aliphatic carbocycles. The lowest BCUT2D eigenvalue weighted by molar-refractivity contribution is 0.0645. The number of likely N-dealkylation sites (N-methyl/N-ethyl adjacent to an activating group) is 1. The van der Waals surface area contributed by atoms with E-state index < -0.39 is 6.10 Å². The number of halogens is 2. The van der Waals surface area contributed by atoms with Gasteiger partial charge in [-0.1, -0.05) is 29.3 Å². The lowest BCUT2D eigenvalue weighted by Gasteiger charge is -2.21. The molecule has 2 rings (SSSR count). The van der Waals surface area contributed by atoms with Crippen molar-refractivity contribution in [2.24, 2.45) is 5.92 Å². The molecule has 1 fully saturated rings. The fourth-order valence-electron chi connectivity index (χ4n) is 1.87. The van der Waals surface area contributed by atoms with Gasteiger partial charge in [0.05, 0.1) is 21.7 Å². The number of aliphatic hydroxyl groups excluding tert-OH is 1. The summed E-state index contributed by atoms with van der Waals surface area (Å²) < 4.78 is 0. The van der Waals surface area contributed by atoms with Gasteiger partial charge in [-0.25, -0.2) is 0 Å². The molecule has 0 bridgehead atoms. The van der Waals surface area contributed by atoms with Gasteiger partial charge >= 0.3 is 0 Å². The Bertz CT molecular complexity index is 460. The van der Waals surface area contributed by atoms with Gasteiger partial charge < -0.3 is 10.0 Å². The molecule has 1 saturated carbocycles. The summed E-state index contributed by atoms with van der Waals surface area (Å²) in [6.07, 6.45) is 1.64. The topological polar surface area (TPSA) is 40.5 Å². The summed E-state index contributed by atoms with van der Waals surface area (Å²) in [7, 11) is 1.66. The Morgan fingerprint density at radius 2 is 2.17 bits per heavy atom. The molecule has 1 amide bonds. The fraction of sp³-hybridized carbons (Fsp3) is 0.462. The van der Waals surface area contributed by atoms with Crippen molar-refractivity contribution in [1.82, 2.24) is 4.90 Å². The van der Waals surface area contributed by atoms with Gasteiger partial charge in [0.2, 0.25) is 0 Å². The molecule has 1 atom stereocenters. The Morgan fingerprint density at radius 3 is 2.78 bits per heavy atom. The van der Waals surface area contributed by atoms with Crippen molar-refractivity contribution in [2.45, 2.75) is 18.9 Å². The van der Waals surface area contributed by atoms with Crippen molar-refractivity contribution in [1.29, 1.82) is 0 Å². The maximum atomic E-state index is 12.2. The minimum absolute atomic E-state index is 0.220. The summed E-state index contributed by atoms with van der Waals surface area (Å²) in [6, 6.07) is 4.96. The molecule has 0 spiro atoms. The molecule has 0 heterocycles. The van der Waals surface area contributed by atoms with Gasteiger partial charge in [-0.15, -0.1) is 0 Å². The smallest absolute Gasteiger partial charge is 0.255 e. The molecule has 0 saturated heterocycles. The fourth-order valence-corrected chi connectivity index (χ4v) is 2.25. The van der Waals surface area contributed by atoms with E-state index in [1.54, 1.807) is 25.2 Å². The Kier molecular flexibility index (Phi) is 4.15. The molecule has 1 unspecified atom stereocenters. The van der Waals surface area contributed by atoms with Crippen LogP contribution in [0.15, 0.2) is 18.2 Å². The number of hydrogen-bond donors (Lipinski definition) is 1. The maximum Gasteiger partial charge on any atom is 0.255 e. The van der Waals surface area contributed by atoms with E-state index in [-0.39, 0.29) is 10.9 Å². The number of aliphatic hydroxyl groups is 1. The van der Waals surface area contributed by atoms with E-state index in [1.165, 1.54) is 4.90 Å². The van der Waals surface area contributed by atoms with Crippen molar-refractivity contribution < 1.29 is 9.90 Å². The Hall–Kier alpha value is -0.770. The summed E-state index contributed by atoms with van der Waals surface area (Å²) >= 11 is 11.9. The summed E-state index contributed by atoms with van der Waals surface area (Å²) in [5.41, 5.74) is 0.370. The third-order valence-electron chi connectivity index (χ3n) is 3.16. The third-order valence-corrected chi connectivity index (χ3v) is 3.97. The standard InChI is InChI=1S/C13H15Cl2NO2/c1-16(7-11(17)8-5-6-8)13(18)9-3-2-4-10(14)12(9)15/h2-4,8,11,17H,5-7H2,1H3. The second-order valence-electron chi connectivity index (χ2n) is 4.69. The van der Waals surface area contributed by atoms with Gasteiger partial charge in [0.1, 0.15) is 0 Å². The van der Waals surface area contributed by atoms with Crippen molar-refractivity contribution in [3.63, 3.8) is 0 Å². The van der Waals surface area contributed by atoms with Crippen LogP contribution in [0.25, 0.3) is 0 Å². The van der Waals surface area contributed by atoms with Gasteiger partial charge in [-0.2, -0.15) is 0 Å². The SMILES string of the molecule is CN(CC(O)C1CC1)C(=O)c1cccc(Cl)c1Cl. The zero-order valence-corrected chi connectivity index (χ0v) is 11.6. The van der Waals surface area contributed by atoms with E-state index in [0.29, 0.717) is 23.0 Å². The lowest BCUT2D eigenvalue weighted by atomic mass is 10.1. The van der Waals surface area contributed by atoms with Crippen LogP contribution in [0, 0.1) is 5.92 Å². The highest BCUT2D eigenvalue weighted by atomic mass is 35.5. The number of carbonyl (C=O) groups is 1. The van der Waals surface area contributed by atoms with Crippen LogP contribution in [0.5, 0.6) is 0 Å². The largest absolute Gasteiger partial charge is 0.391 e. The number of amides is 1. The van der Waals surface area contributed by atoms with Crippen molar-refractivity contribution in [3.05, 3.63) is 33.8 Å². The summed E-state index contributed by atoms with van der Waals surface area (Å²) in [5.74, 6) is 0.122. The highest BCUT2D eigenvalue weighted by molar-refractivity contribution is 6.43. The van der Waals surface area contributed by atoms with Crippen LogP contribution in [-0.4, -0.2) is 35.6 Å². The van der Waals surface area contributed by atoms with Crippen LogP contribution in [0.2, 0.25) is 10.0 Å². The highest BCUT2D eigenvalue weighted by Crippen LogP contribution is 2.33. The van der Waals surface area contributed by atoms with Gasteiger partial charge in [0, 0.05) is 13.6 Å². The molecule has 3 nitrogen and oxygen atoms in total. The van der Waals surface area contributed by atoms with E-state index in [2.05, 4.69) is 0 Å². The molecule has 1 aromatic carbocycles. The predicted molar refractivity (Wildman–Crippen MR) is 72.2 cm³/mol. The van der Waals surface area contributed by atoms with Gasteiger partial charge in [0.25, 0.3) is 5.91 Å². The molecule has 1 N–H and O–H groups in total.